The van der Waals surface area contributed by atoms with Gasteiger partial charge in [0.2, 0.25) is 0 Å². The quantitative estimate of drug-likeness (QED) is 0.662. The molecule has 3 aromatic carbocycles. The molecule has 0 radical (unpaired) electrons. The van der Waals surface area contributed by atoms with E-state index in [0.717, 1.165) is 5.56 Å². The highest BCUT2D eigenvalue weighted by Gasteiger charge is 2.23. The molecule has 9 heteroatoms. The number of carbonyl (C=O) groups is 1. The van der Waals surface area contributed by atoms with Crippen LogP contribution >= 0.6 is 0 Å². The molecule has 1 aliphatic heterocycles. The maximum Gasteiger partial charge on any atom is 0.262 e. The van der Waals surface area contributed by atoms with E-state index in [9.17, 15) is 22.0 Å². The minimum atomic E-state index is -4.27. The normalized spacial score (nSPS) is 12.9. The molecule has 0 unspecified atom stereocenters. The van der Waals surface area contributed by atoms with Crippen LogP contribution in [0.2, 0.25) is 0 Å². The first kappa shape index (κ1) is 18.9. The molecule has 6 nitrogen and oxygen atoms in total. The van der Waals surface area contributed by atoms with Crippen LogP contribution in [-0.4, -0.2) is 14.3 Å². The van der Waals surface area contributed by atoms with Crippen molar-refractivity contribution < 1.29 is 26.7 Å². The maximum atomic E-state index is 13.4. The van der Waals surface area contributed by atoms with E-state index in [0.29, 0.717) is 29.6 Å². The van der Waals surface area contributed by atoms with Crippen LogP contribution in [0.15, 0.2) is 59.5 Å². The van der Waals surface area contributed by atoms with E-state index in [1.54, 1.807) is 12.1 Å². The number of carbonyl (C=O) groups excluding carboxylic acids is 1. The summed E-state index contributed by atoms with van der Waals surface area (Å²) in [6, 6.07) is 11.4. The number of halogens is 2. The molecule has 4 rings (SSSR count). The van der Waals surface area contributed by atoms with E-state index < -0.39 is 32.5 Å². The van der Waals surface area contributed by atoms with Crippen molar-refractivity contribution in [2.24, 2.45) is 0 Å². The summed E-state index contributed by atoms with van der Waals surface area (Å²) in [4.78, 5) is 12.0. The summed E-state index contributed by atoms with van der Waals surface area (Å²) in [7, 11) is -4.27. The molecule has 0 saturated carbocycles. The molecule has 3 aromatic rings. The van der Waals surface area contributed by atoms with Crippen molar-refractivity contribution in [1.82, 2.24) is 0 Å². The Morgan fingerprint density at radius 2 is 1.62 bits per heavy atom. The zero-order valence-corrected chi connectivity index (χ0v) is 15.8. The van der Waals surface area contributed by atoms with Gasteiger partial charge in [0.15, 0.2) is 5.75 Å². The summed E-state index contributed by atoms with van der Waals surface area (Å²) in [5.41, 5.74) is 1.55. The van der Waals surface area contributed by atoms with Gasteiger partial charge in [-0.25, -0.2) is 17.2 Å². The first-order valence-electron chi connectivity index (χ1n) is 8.44. The summed E-state index contributed by atoms with van der Waals surface area (Å²) >= 11 is 0. The fourth-order valence-electron chi connectivity index (χ4n) is 2.90. The molecule has 2 N–H and O–H groups in total. The summed E-state index contributed by atoms with van der Waals surface area (Å²) in [6.07, 6.45) is 0. The number of rotatable bonds is 3. The summed E-state index contributed by atoms with van der Waals surface area (Å²) < 4.78 is 59.7. The molecule has 148 valence electrons. The second-order valence-electron chi connectivity index (χ2n) is 6.48. The highest BCUT2D eigenvalue weighted by atomic mass is 32.2. The Morgan fingerprint density at radius 1 is 0.931 bits per heavy atom. The number of hydrogen-bond acceptors (Lipinski definition) is 4. The maximum absolute atomic E-state index is 13.4. The van der Waals surface area contributed by atoms with Gasteiger partial charge in [-0.15, -0.1) is 0 Å². The average Bonchev–Trinajstić information content (AvgIpc) is 2.76. The molecule has 0 atom stereocenters. The van der Waals surface area contributed by atoms with E-state index >= 15 is 0 Å². The van der Waals surface area contributed by atoms with Gasteiger partial charge in [-0.2, -0.15) is 0 Å². The van der Waals surface area contributed by atoms with Gasteiger partial charge in [0.1, 0.15) is 17.4 Å². The van der Waals surface area contributed by atoms with Crippen molar-refractivity contribution in [3.63, 3.8) is 0 Å². The largest absolute Gasteiger partial charge is 0.454 e. The van der Waals surface area contributed by atoms with Crippen molar-refractivity contribution in [1.29, 1.82) is 0 Å². The molecule has 29 heavy (non-hydrogen) atoms. The molecular formula is C20H14F2N2O4S. The van der Waals surface area contributed by atoms with Crippen molar-refractivity contribution in [3.05, 3.63) is 77.4 Å². The first-order chi connectivity index (χ1) is 13.7. The Labute approximate surface area is 165 Å². The fourth-order valence-corrected chi connectivity index (χ4v) is 3.99. The van der Waals surface area contributed by atoms with Gasteiger partial charge < -0.3 is 10.1 Å². The van der Waals surface area contributed by atoms with Crippen molar-refractivity contribution in [3.8, 4) is 11.5 Å². The second-order valence-corrected chi connectivity index (χ2v) is 8.16. The third-order valence-corrected chi connectivity index (χ3v) is 5.59. The summed E-state index contributed by atoms with van der Waals surface area (Å²) in [5.74, 6) is -1.83. The van der Waals surface area contributed by atoms with E-state index in [4.69, 9.17) is 4.74 Å². The van der Waals surface area contributed by atoms with Crippen LogP contribution in [0.5, 0.6) is 11.5 Å². The molecule has 0 saturated heterocycles. The van der Waals surface area contributed by atoms with Crippen LogP contribution in [0, 0.1) is 18.6 Å². The van der Waals surface area contributed by atoms with Gasteiger partial charge in [-0.1, -0.05) is 6.07 Å². The molecule has 0 aromatic heterocycles. The van der Waals surface area contributed by atoms with Gasteiger partial charge in [-0.05, 0) is 55.0 Å². The van der Waals surface area contributed by atoms with Crippen molar-refractivity contribution in [2.75, 3.05) is 10.0 Å². The summed E-state index contributed by atoms with van der Waals surface area (Å²) in [6.45, 7) is 1.87. The number of ether oxygens (including phenoxy) is 1. The number of aryl methyl sites for hydroxylation is 1. The van der Waals surface area contributed by atoms with Crippen LogP contribution in [0.1, 0.15) is 15.9 Å². The van der Waals surface area contributed by atoms with Gasteiger partial charge in [0, 0.05) is 11.8 Å². The lowest BCUT2D eigenvalue weighted by atomic mass is 10.1. The fraction of sp³-hybridized carbons (Fsp3) is 0.0500. The van der Waals surface area contributed by atoms with Gasteiger partial charge in [0.25, 0.3) is 15.9 Å². The van der Waals surface area contributed by atoms with Crippen molar-refractivity contribution in [2.45, 2.75) is 11.8 Å². The van der Waals surface area contributed by atoms with Crippen LogP contribution < -0.4 is 14.8 Å². The Morgan fingerprint density at radius 3 is 2.34 bits per heavy atom. The number of anilines is 2. The number of fused-ring (bicyclic) bond motifs is 2. The van der Waals surface area contributed by atoms with Gasteiger partial charge in [-0.3, -0.25) is 9.52 Å². The van der Waals surface area contributed by atoms with Crippen LogP contribution in [-0.2, 0) is 10.0 Å². The monoisotopic (exact) mass is 416 g/mol. The number of benzene rings is 3. The van der Waals surface area contributed by atoms with Gasteiger partial charge >= 0.3 is 0 Å². The van der Waals surface area contributed by atoms with E-state index in [2.05, 4.69) is 10.0 Å². The lowest BCUT2D eigenvalue weighted by molar-refractivity contribution is 0.102. The SMILES string of the molecule is Cc1ccc2c(c1)NC(=O)c1cc(NS(=O)(=O)c3cc(F)cc(F)c3)ccc1O2. The number of sulfonamides is 1. The van der Waals surface area contributed by atoms with Crippen LogP contribution in [0.3, 0.4) is 0 Å². The molecule has 0 aliphatic carbocycles. The zero-order valence-electron chi connectivity index (χ0n) is 15.0. The van der Waals surface area contributed by atoms with Gasteiger partial charge in [0.05, 0.1) is 16.1 Å². The summed E-state index contributed by atoms with van der Waals surface area (Å²) in [5, 5.41) is 2.72. The topological polar surface area (TPSA) is 84.5 Å². The standard InChI is InChI=1S/C20H14F2N2O4S/c1-11-2-4-19-17(6-11)23-20(25)16-10-14(3-5-18(16)28-19)24-29(26,27)15-8-12(21)7-13(22)9-15/h2-10,24H,1H3,(H,23,25). The van der Waals surface area contributed by atoms with Crippen molar-refractivity contribution >= 4 is 27.3 Å². The highest BCUT2D eigenvalue weighted by molar-refractivity contribution is 7.92. The number of nitrogens with one attached hydrogen (secondary N) is 2. The first-order valence-corrected chi connectivity index (χ1v) is 9.92. The zero-order chi connectivity index (χ0) is 20.8. The molecule has 1 amide bonds. The predicted octanol–water partition coefficient (Wildman–Crippen LogP) is 4.43. The van der Waals surface area contributed by atoms with E-state index in [1.165, 1.54) is 18.2 Å². The lowest BCUT2D eigenvalue weighted by Crippen LogP contribution is -2.15. The minimum Gasteiger partial charge on any atom is -0.454 e. The molecular weight excluding hydrogens is 402 g/mol. The Hall–Kier alpha value is -3.46. The number of hydrogen-bond donors (Lipinski definition) is 2. The smallest absolute Gasteiger partial charge is 0.262 e. The third-order valence-electron chi connectivity index (χ3n) is 4.23. The average molecular weight is 416 g/mol. The van der Waals surface area contributed by atoms with Crippen LogP contribution in [0.25, 0.3) is 0 Å². The molecule has 1 heterocycles. The Kier molecular flexibility index (Phi) is 4.46. The Balaban J connectivity index is 1.68. The molecule has 0 fully saturated rings. The van der Waals surface area contributed by atoms with E-state index in [1.807, 2.05) is 13.0 Å². The van der Waals surface area contributed by atoms with Crippen LogP contribution in [0.4, 0.5) is 20.2 Å². The molecule has 0 bridgehead atoms. The second kappa shape index (κ2) is 6.85. The highest BCUT2D eigenvalue weighted by Crippen LogP contribution is 2.37. The van der Waals surface area contributed by atoms with E-state index in [-0.39, 0.29) is 17.0 Å². The molecule has 1 aliphatic rings. The third kappa shape index (κ3) is 3.77. The predicted molar refractivity (Wildman–Crippen MR) is 103 cm³/mol. The molecule has 0 spiro atoms. The minimum absolute atomic E-state index is 0.0364. The lowest BCUT2D eigenvalue weighted by Gasteiger charge is -2.11. The Bertz CT molecular complexity index is 1240. The number of amides is 1.